The molecule has 38 valence electrons. The van der Waals surface area contributed by atoms with Gasteiger partial charge in [0.25, 0.3) is 0 Å². The minimum atomic E-state index is -3.90. The zero-order valence-corrected chi connectivity index (χ0v) is 4.57. The summed E-state index contributed by atoms with van der Waals surface area (Å²) >= 11 is 0. The van der Waals surface area contributed by atoms with Gasteiger partial charge in [-0.25, -0.2) is 0 Å². The number of allylic oxidation sites excluding steroid dienone is 2. The summed E-state index contributed by atoms with van der Waals surface area (Å²) in [6, 6.07) is 0. The molecule has 0 saturated heterocycles. The van der Waals surface area contributed by atoms with Gasteiger partial charge in [0, 0.05) is 0 Å². The SMILES string of the molecule is F[Si]1(F)C=CC=C1. The van der Waals surface area contributed by atoms with Crippen LogP contribution >= 0.6 is 0 Å². The molecule has 7 heavy (non-hydrogen) atoms. The molecule has 0 aliphatic carbocycles. The predicted molar refractivity (Wildman–Crippen MR) is 26.2 cm³/mol. The summed E-state index contributed by atoms with van der Waals surface area (Å²) < 4.78 is 23.8. The van der Waals surface area contributed by atoms with Crippen LogP contribution in [0.3, 0.4) is 0 Å². The molecule has 3 heteroatoms. The van der Waals surface area contributed by atoms with Crippen molar-refractivity contribution in [1.29, 1.82) is 0 Å². The van der Waals surface area contributed by atoms with Crippen molar-refractivity contribution >= 4 is 8.74 Å². The lowest BCUT2D eigenvalue weighted by Gasteiger charge is -1.91. The molecule has 0 amide bonds. The van der Waals surface area contributed by atoms with Gasteiger partial charge in [-0.05, 0) is 11.4 Å². The Hall–Kier alpha value is -0.443. The zero-order chi connectivity index (χ0) is 5.33. The maximum atomic E-state index is 11.9. The molecule has 0 unspecified atom stereocenters. The highest BCUT2D eigenvalue weighted by Crippen LogP contribution is 2.14. The van der Waals surface area contributed by atoms with E-state index >= 15 is 0 Å². The Labute approximate surface area is 41.5 Å². The van der Waals surface area contributed by atoms with Crippen molar-refractivity contribution in [2.24, 2.45) is 0 Å². The molecule has 0 aromatic carbocycles. The van der Waals surface area contributed by atoms with E-state index in [9.17, 15) is 8.22 Å². The van der Waals surface area contributed by atoms with Gasteiger partial charge in [0.15, 0.2) is 0 Å². The second-order valence-corrected chi connectivity index (χ2v) is 3.41. The van der Waals surface area contributed by atoms with Crippen LogP contribution in [0.25, 0.3) is 0 Å². The first-order valence-corrected chi connectivity index (χ1v) is 3.87. The third kappa shape index (κ3) is 0.960. The number of hydrogen-bond acceptors (Lipinski definition) is 0. The minimum Gasteiger partial charge on any atom is -0.261 e. The summed E-state index contributed by atoms with van der Waals surface area (Å²) in [5, 5.41) is 0. The Morgan fingerprint density at radius 3 is 1.57 bits per heavy atom. The molecule has 0 atom stereocenters. The van der Waals surface area contributed by atoms with Crippen molar-refractivity contribution < 1.29 is 8.22 Å². The summed E-state index contributed by atoms with van der Waals surface area (Å²) in [5.74, 6) is 0. The largest absolute Gasteiger partial charge is 0.473 e. The average molecular weight is 118 g/mol. The molecule has 0 N–H and O–H groups in total. The highest BCUT2D eigenvalue weighted by molar-refractivity contribution is 6.77. The van der Waals surface area contributed by atoms with E-state index in [0.717, 1.165) is 11.4 Å². The van der Waals surface area contributed by atoms with Crippen LogP contribution in [0.1, 0.15) is 0 Å². The van der Waals surface area contributed by atoms with Crippen LogP contribution in [0.2, 0.25) is 0 Å². The van der Waals surface area contributed by atoms with Crippen LogP contribution in [-0.4, -0.2) is 8.74 Å². The van der Waals surface area contributed by atoms with Gasteiger partial charge in [0.05, 0.1) is 0 Å². The van der Waals surface area contributed by atoms with Gasteiger partial charge in [-0.2, -0.15) is 0 Å². The van der Waals surface area contributed by atoms with Crippen molar-refractivity contribution in [1.82, 2.24) is 0 Å². The number of hydrogen-bond donors (Lipinski definition) is 0. The molecule has 1 aliphatic rings. The third-order valence-electron chi connectivity index (χ3n) is 0.748. The molecular weight excluding hydrogens is 114 g/mol. The van der Waals surface area contributed by atoms with Crippen LogP contribution in [-0.2, 0) is 0 Å². The van der Waals surface area contributed by atoms with E-state index in [4.69, 9.17) is 0 Å². The molecular formula is C4H4F2Si. The molecule has 1 heterocycles. The molecule has 0 nitrogen and oxygen atoms in total. The lowest BCUT2D eigenvalue weighted by molar-refractivity contribution is 0.652. The summed E-state index contributed by atoms with van der Waals surface area (Å²) in [6.07, 6.45) is 2.79. The molecule has 0 aromatic heterocycles. The van der Waals surface area contributed by atoms with Crippen molar-refractivity contribution in [3.63, 3.8) is 0 Å². The lowest BCUT2D eigenvalue weighted by Crippen LogP contribution is -2.11. The van der Waals surface area contributed by atoms with Crippen molar-refractivity contribution in [2.75, 3.05) is 0 Å². The lowest BCUT2D eigenvalue weighted by atomic mass is 10.6. The van der Waals surface area contributed by atoms with E-state index in [2.05, 4.69) is 0 Å². The molecule has 0 spiro atoms. The standard InChI is InChI=1S/C4H4F2Si/c5-7(6)3-1-2-4-7/h1-4H. The Kier molecular flexibility index (Phi) is 0.850. The van der Waals surface area contributed by atoms with E-state index in [0.29, 0.717) is 0 Å². The maximum absolute atomic E-state index is 11.9. The normalized spacial score (nSPS) is 23.7. The van der Waals surface area contributed by atoms with Gasteiger partial charge in [0.1, 0.15) is 0 Å². The highest BCUT2D eigenvalue weighted by atomic mass is 28.4. The molecule has 0 saturated carbocycles. The van der Waals surface area contributed by atoms with Crippen LogP contribution in [0.4, 0.5) is 8.22 Å². The molecule has 0 bridgehead atoms. The fourth-order valence-corrected chi connectivity index (χ4v) is 1.27. The van der Waals surface area contributed by atoms with Gasteiger partial charge in [0.2, 0.25) is 0 Å². The summed E-state index contributed by atoms with van der Waals surface area (Å²) in [5.41, 5.74) is 1.99. The number of rotatable bonds is 0. The quantitative estimate of drug-likeness (QED) is 0.334. The zero-order valence-electron chi connectivity index (χ0n) is 3.57. The topological polar surface area (TPSA) is 0 Å². The minimum absolute atomic E-state index is 0.993. The monoisotopic (exact) mass is 118 g/mol. The molecule has 0 fully saturated rings. The Morgan fingerprint density at radius 1 is 1.00 bits per heavy atom. The van der Waals surface area contributed by atoms with E-state index in [1.54, 1.807) is 0 Å². The van der Waals surface area contributed by atoms with Crippen LogP contribution in [0, 0.1) is 0 Å². The maximum Gasteiger partial charge on any atom is 0.473 e. The summed E-state index contributed by atoms with van der Waals surface area (Å²) in [6.45, 7) is 0. The second kappa shape index (κ2) is 1.26. The smallest absolute Gasteiger partial charge is 0.261 e. The van der Waals surface area contributed by atoms with E-state index < -0.39 is 8.74 Å². The van der Waals surface area contributed by atoms with E-state index in [-0.39, 0.29) is 0 Å². The number of halogens is 2. The predicted octanol–water partition coefficient (Wildman–Crippen LogP) is 1.57. The van der Waals surface area contributed by atoms with Crippen LogP contribution < -0.4 is 0 Å². The molecule has 1 aliphatic heterocycles. The van der Waals surface area contributed by atoms with Crippen molar-refractivity contribution in [2.45, 2.75) is 0 Å². The first-order chi connectivity index (χ1) is 3.21. The summed E-state index contributed by atoms with van der Waals surface area (Å²) in [4.78, 5) is 0. The molecule has 1 rings (SSSR count). The molecule has 0 radical (unpaired) electrons. The van der Waals surface area contributed by atoms with Crippen LogP contribution in [0.15, 0.2) is 23.6 Å². The van der Waals surface area contributed by atoms with Crippen molar-refractivity contribution in [3.05, 3.63) is 23.6 Å². The van der Waals surface area contributed by atoms with Crippen molar-refractivity contribution in [3.8, 4) is 0 Å². The van der Waals surface area contributed by atoms with Gasteiger partial charge in [-0.3, -0.25) is 8.22 Å². The van der Waals surface area contributed by atoms with Gasteiger partial charge >= 0.3 is 8.74 Å². The second-order valence-electron chi connectivity index (χ2n) is 1.39. The van der Waals surface area contributed by atoms with Gasteiger partial charge in [-0.1, -0.05) is 12.2 Å². The summed E-state index contributed by atoms with van der Waals surface area (Å²) in [7, 11) is -3.90. The first kappa shape index (κ1) is 4.71. The fraction of sp³-hybridized carbons (Fsp3) is 0. The van der Waals surface area contributed by atoms with Crippen LogP contribution in [0.5, 0.6) is 0 Å². The molecule has 0 aromatic rings. The average Bonchev–Trinajstić information content (AvgIpc) is 1.84. The van der Waals surface area contributed by atoms with Gasteiger partial charge in [-0.15, -0.1) is 0 Å². The Morgan fingerprint density at radius 2 is 1.43 bits per heavy atom. The highest BCUT2D eigenvalue weighted by Gasteiger charge is 2.29. The van der Waals surface area contributed by atoms with E-state index in [1.807, 2.05) is 0 Å². The van der Waals surface area contributed by atoms with Gasteiger partial charge < -0.3 is 0 Å². The van der Waals surface area contributed by atoms with E-state index in [1.165, 1.54) is 12.2 Å². The Bertz CT molecular complexity index is 112. The first-order valence-electron chi connectivity index (χ1n) is 1.96. The Balaban J connectivity index is 2.77. The fourth-order valence-electron chi connectivity index (χ4n) is 0.423. The third-order valence-corrected chi connectivity index (χ3v) is 2.02.